The number of ether oxygens (including phenoxy) is 3. The first-order chi connectivity index (χ1) is 33.4. The highest BCUT2D eigenvalue weighted by Gasteiger charge is 2.32. The highest BCUT2D eigenvalue weighted by molar-refractivity contribution is 5.95. The van der Waals surface area contributed by atoms with E-state index in [4.69, 9.17) is 4.74 Å². The Morgan fingerprint density at radius 3 is 1.54 bits per heavy atom. The number of amides is 2. The molecule has 5 aromatic carbocycles. The Labute approximate surface area is 394 Å². The van der Waals surface area contributed by atoms with Crippen LogP contribution in [0.3, 0.4) is 0 Å². The fraction of sp³-hybridized carbons (Fsp3) is 0.265. The number of halogens is 10. The molecule has 1 heterocycles. The highest BCUT2D eigenvalue weighted by atomic mass is 19.2. The van der Waals surface area contributed by atoms with Gasteiger partial charge in [-0.1, -0.05) is 76.2 Å². The van der Waals surface area contributed by atoms with E-state index in [2.05, 4.69) is 14.8 Å². The van der Waals surface area contributed by atoms with Crippen molar-refractivity contribution in [1.82, 2.24) is 14.6 Å². The molecular formula is C49H44F10N4O7. The number of fused-ring (bicyclic) bond motifs is 4. The number of aromatic nitrogens is 1. The van der Waals surface area contributed by atoms with Crippen molar-refractivity contribution >= 4 is 40.5 Å². The molecule has 70 heavy (non-hydrogen) atoms. The van der Waals surface area contributed by atoms with Crippen LogP contribution in [-0.2, 0) is 32.2 Å². The maximum absolute atomic E-state index is 14.3. The molecule has 0 bridgehead atoms. The van der Waals surface area contributed by atoms with Crippen LogP contribution < -0.4 is 14.8 Å². The van der Waals surface area contributed by atoms with Gasteiger partial charge in [0.05, 0.1) is 19.4 Å². The molecule has 0 spiro atoms. The fourth-order valence-corrected chi connectivity index (χ4v) is 7.29. The molecule has 0 atom stereocenters. The van der Waals surface area contributed by atoms with E-state index in [-0.39, 0.29) is 31.3 Å². The van der Waals surface area contributed by atoms with Crippen LogP contribution in [-0.4, -0.2) is 59.2 Å². The van der Waals surface area contributed by atoms with E-state index >= 15 is 0 Å². The second kappa shape index (κ2) is 23.3. The summed E-state index contributed by atoms with van der Waals surface area (Å²) in [5.41, 5.74) is 4.83. The van der Waals surface area contributed by atoms with E-state index in [9.17, 15) is 63.1 Å². The Morgan fingerprint density at radius 1 is 0.586 bits per heavy atom. The predicted molar refractivity (Wildman–Crippen MR) is 235 cm³/mol. The van der Waals surface area contributed by atoms with Crippen molar-refractivity contribution in [3.63, 3.8) is 0 Å². The van der Waals surface area contributed by atoms with Gasteiger partial charge in [-0.3, -0.25) is 14.4 Å². The van der Waals surface area contributed by atoms with Crippen molar-refractivity contribution in [3.8, 4) is 22.6 Å². The molecule has 0 unspecified atom stereocenters. The molecule has 1 N–H and O–H groups in total. The third-order valence-corrected chi connectivity index (χ3v) is 10.6. The molecule has 0 radical (unpaired) electrons. The van der Waals surface area contributed by atoms with Gasteiger partial charge in [0.2, 0.25) is 75.6 Å². The summed E-state index contributed by atoms with van der Waals surface area (Å²) in [7, 11) is 2.96. The predicted octanol–water partition coefficient (Wildman–Crippen LogP) is 11.6. The van der Waals surface area contributed by atoms with Gasteiger partial charge in [-0.25, -0.2) is 41.2 Å². The number of nitrogens with one attached hydrogen (secondary N) is 1. The average molecular weight is 991 g/mol. The topological polar surface area (TPSA) is 119 Å². The maximum atomic E-state index is 14.3. The molecule has 1 aromatic heterocycles. The van der Waals surface area contributed by atoms with E-state index < -0.39 is 113 Å². The van der Waals surface area contributed by atoms with Gasteiger partial charge in [-0.2, -0.15) is 17.6 Å². The van der Waals surface area contributed by atoms with Crippen LogP contribution in [0.2, 0.25) is 0 Å². The van der Waals surface area contributed by atoms with Gasteiger partial charge in [0.25, 0.3) is 0 Å². The molecule has 0 saturated carbocycles. The van der Waals surface area contributed by atoms with E-state index in [1.54, 1.807) is 6.07 Å². The Balaban J connectivity index is 0.00000222. The van der Waals surface area contributed by atoms with Crippen molar-refractivity contribution in [3.05, 3.63) is 148 Å². The smallest absolute Gasteiger partial charge is 0.424 e. The van der Waals surface area contributed by atoms with Crippen LogP contribution in [0.5, 0.6) is 11.5 Å². The average Bonchev–Trinajstić information content (AvgIpc) is 3.88. The minimum Gasteiger partial charge on any atom is -0.447 e. The first-order valence-corrected chi connectivity index (χ1v) is 21.5. The molecule has 21 heteroatoms. The molecule has 0 saturated heterocycles. The number of anilines is 1. The van der Waals surface area contributed by atoms with Gasteiger partial charge in [-0.15, -0.1) is 0 Å². The van der Waals surface area contributed by atoms with E-state index in [1.807, 2.05) is 76.2 Å². The number of hydrogen-bond donors (Lipinski definition) is 1. The van der Waals surface area contributed by atoms with E-state index in [0.717, 1.165) is 22.3 Å². The van der Waals surface area contributed by atoms with Gasteiger partial charge < -0.3 is 24.1 Å². The van der Waals surface area contributed by atoms with Crippen LogP contribution in [0.25, 0.3) is 22.0 Å². The second-order valence-corrected chi connectivity index (χ2v) is 14.7. The number of carbonyl (C=O) groups is 4. The van der Waals surface area contributed by atoms with Crippen LogP contribution >= 0.6 is 0 Å². The van der Waals surface area contributed by atoms with Gasteiger partial charge in [0, 0.05) is 55.3 Å². The molecule has 372 valence electrons. The molecule has 7 rings (SSSR count). The lowest BCUT2D eigenvalue weighted by Crippen LogP contribution is -2.41. The molecule has 0 fully saturated rings. The summed E-state index contributed by atoms with van der Waals surface area (Å²) in [6, 6.07) is 21.3. The second-order valence-electron chi connectivity index (χ2n) is 14.7. The summed E-state index contributed by atoms with van der Waals surface area (Å²) in [5, 5.41) is 5.47. The van der Waals surface area contributed by atoms with Crippen molar-refractivity contribution in [2.24, 2.45) is 0 Å². The Hall–Kier alpha value is -7.42. The quantitative estimate of drug-likeness (QED) is 0.0286. The van der Waals surface area contributed by atoms with Crippen molar-refractivity contribution < 1.29 is 77.3 Å². The third-order valence-electron chi connectivity index (χ3n) is 10.6. The van der Waals surface area contributed by atoms with Crippen LogP contribution in [0, 0.1) is 58.2 Å². The van der Waals surface area contributed by atoms with Crippen LogP contribution in [0.15, 0.2) is 72.8 Å². The third kappa shape index (κ3) is 11.2. The maximum Gasteiger partial charge on any atom is 0.424 e. The number of carbonyl (C=O) groups excluding carboxylic acids is 4. The zero-order valence-electron chi connectivity index (χ0n) is 38.2. The van der Waals surface area contributed by atoms with Gasteiger partial charge >= 0.3 is 18.0 Å². The molecule has 0 aliphatic heterocycles. The first kappa shape index (κ1) is 53.5. The molecule has 1 aliphatic rings. The van der Waals surface area contributed by atoms with Gasteiger partial charge in [0.1, 0.15) is 6.61 Å². The SMILES string of the molecule is CC.CC.CN(Cc1cc2cc(NC(=O)CCC(=O)Oc3c(F)c(F)c(F)c(F)c3F)ccc2n1CCC(=O)Oc1c(F)c(F)c(F)c(F)c1F)N(C)C(=O)OCC1c2ccccc2-c2ccccc21. The number of nitrogens with zero attached hydrogens (tertiary/aromatic N) is 3. The lowest BCUT2D eigenvalue weighted by molar-refractivity contribution is -0.136. The van der Waals surface area contributed by atoms with Gasteiger partial charge in [-0.05, 0) is 46.5 Å². The number of esters is 2. The van der Waals surface area contributed by atoms with Crippen molar-refractivity contribution in [1.29, 1.82) is 0 Å². The number of aryl methyl sites for hydroxylation is 1. The number of hydrogen-bond acceptors (Lipinski definition) is 8. The van der Waals surface area contributed by atoms with Gasteiger partial charge in [0.15, 0.2) is 0 Å². The normalized spacial score (nSPS) is 11.5. The summed E-state index contributed by atoms with van der Waals surface area (Å²) in [4.78, 5) is 51.3. The highest BCUT2D eigenvalue weighted by Crippen LogP contribution is 2.44. The minimum atomic E-state index is -2.47. The van der Waals surface area contributed by atoms with E-state index in [1.165, 1.54) is 46.9 Å². The Kier molecular flexibility index (Phi) is 17.8. The molecule has 1 aliphatic carbocycles. The lowest BCUT2D eigenvalue weighted by atomic mass is 9.98. The fourth-order valence-electron chi connectivity index (χ4n) is 7.29. The largest absolute Gasteiger partial charge is 0.447 e. The molecular weight excluding hydrogens is 947 g/mol. The monoisotopic (exact) mass is 990 g/mol. The Morgan fingerprint density at radius 2 is 1.04 bits per heavy atom. The summed E-state index contributed by atoms with van der Waals surface area (Å²) in [5.74, 6) is -31.4. The molecule has 6 aromatic rings. The minimum absolute atomic E-state index is 0.00252. The number of rotatable bonds is 14. The number of hydrazine groups is 1. The lowest BCUT2D eigenvalue weighted by Gasteiger charge is -2.28. The summed E-state index contributed by atoms with van der Waals surface area (Å²) < 4.78 is 154. The zero-order valence-corrected chi connectivity index (χ0v) is 38.2. The van der Waals surface area contributed by atoms with Crippen molar-refractivity contribution in [2.45, 2.75) is 66.0 Å². The summed E-state index contributed by atoms with van der Waals surface area (Å²) >= 11 is 0. The summed E-state index contributed by atoms with van der Waals surface area (Å²) in [6.07, 6.45) is -2.98. The summed E-state index contributed by atoms with van der Waals surface area (Å²) in [6.45, 7) is 7.58. The standard InChI is InChI=1S/C45H32F10N4O7.2C2H6/c1-57(58(2)45(63)64-20-28-26-9-5-3-7-24(26)25-8-4-6-10-27(25)28)19-23-18-21-17-22(56-30(60)13-14-31(61)65-43-39(52)35(48)33(46)36(49)40(43)53)11-12-29(21)59(23)16-15-32(62)66-44-41(54)37(50)34(47)38(51)42(44)55;2*1-2/h3-12,17-18,28H,13-16,19-20H2,1-2H3,(H,56,60);2*1-2H3. The molecule has 2 amide bonds. The van der Waals surface area contributed by atoms with E-state index in [0.29, 0.717) is 16.6 Å². The van der Waals surface area contributed by atoms with Crippen LogP contribution in [0.1, 0.15) is 69.7 Å². The van der Waals surface area contributed by atoms with Crippen LogP contribution in [0.4, 0.5) is 54.4 Å². The number of benzene rings is 5. The molecule has 11 nitrogen and oxygen atoms in total. The zero-order chi connectivity index (χ0) is 51.7. The Bertz CT molecular complexity index is 2850. The first-order valence-electron chi connectivity index (χ1n) is 21.5. The van der Waals surface area contributed by atoms with Crippen molar-refractivity contribution in [2.75, 3.05) is 26.0 Å².